The van der Waals surface area contributed by atoms with Crippen molar-refractivity contribution in [1.82, 2.24) is 15.1 Å². The fourth-order valence-electron chi connectivity index (χ4n) is 2.29. The number of aromatic nitrogens is 2. The largest absolute Gasteiger partial charge is 0.350 e. The Labute approximate surface area is 140 Å². The predicted molar refractivity (Wildman–Crippen MR) is 91.2 cm³/mol. The van der Waals surface area contributed by atoms with Gasteiger partial charge in [-0.1, -0.05) is 36.9 Å². The molecule has 0 saturated carbocycles. The van der Waals surface area contributed by atoms with Crippen molar-refractivity contribution in [3.8, 4) is 0 Å². The van der Waals surface area contributed by atoms with E-state index in [1.807, 2.05) is 31.2 Å². The highest BCUT2D eigenvalue weighted by atomic mass is 16.6. The molecular weight excluding hydrogens is 308 g/mol. The molecule has 7 nitrogen and oxygen atoms in total. The zero-order valence-electron chi connectivity index (χ0n) is 13.5. The van der Waals surface area contributed by atoms with Crippen molar-refractivity contribution >= 4 is 17.7 Å². The van der Waals surface area contributed by atoms with Gasteiger partial charge in [0.15, 0.2) is 0 Å². The van der Waals surface area contributed by atoms with Gasteiger partial charge in [-0.2, -0.15) is 5.10 Å². The van der Waals surface area contributed by atoms with Gasteiger partial charge in [-0.3, -0.25) is 19.6 Å². The molecule has 126 valence electrons. The van der Waals surface area contributed by atoms with Crippen LogP contribution >= 0.6 is 0 Å². The van der Waals surface area contributed by atoms with E-state index in [1.54, 1.807) is 6.08 Å². The topological polar surface area (TPSA) is 90.1 Å². The molecule has 1 atom stereocenters. The Hall–Kier alpha value is -2.96. The number of hydrogen-bond donors (Lipinski definition) is 1. The lowest BCUT2D eigenvalue weighted by molar-refractivity contribution is -0.385. The Balaban J connectivity index is 1.77. The molecular formula is C17H20N4O3. The van der Waals surface area contributed by atoms with E-state index in [2.05, 4.69) is 17.0 Å². The van der Waals surface area contributed by atoms with Gasteiger partial charge in [-0.05, 0) is 24.5 Å². The molecule has 0 aliphatic rings. The minimum absolute atomic E-state index is 0.0453. The lowest BCUT2D eigenvalue weighted by Gasteiger charge is -2.14. The average Bonchev–Trinajstić information content (AvgIpc) is 3.04. The minimum atomic E-state index is -0.491. The van der Waals surface area contributed by atoms with Gasteiger partial charge in [0.05, 0.1) is 11.0 Å². The van der Waals surface area contributed by atoms with Crippen molar-refractivity contribution in [3.05, 3.63) is 64.5 Å². The van der Waals surface area contributed by atoms with E-state index in [-0.39, 0.29) is 17.6 Å². The molecule has 1 aromatic heterocycles. The second kappa shape index (κ2) is 8.05. The Morgan fingerprint density at radius 1 is 1.46 bits per heavy atom. The number of aryl methyl sites for hydroxylation is 1. The Bertz CT molecular complexity index is 722. The van der Waals surface area contributed by atoms with Crippen LogP contribution in [0.15, 0.2) is 43.2 Å². The number of carbonyl (C=O) groups is 1. The SMILES string of the molecule is C=Cc1ccc(C(C)NC(=O)CCCn2cc([N+](=O)[O-])cn2)cc1. The number of amides is 1. The van der Waals surface area contributed by atoms with E-state index < -0.39 is 4.92 Å². The van der Waals surface area contributed by atoms with Crippen LogP contribution in [-0.4, -0.2) is 20.6 Å². The molecule has 0 radical (unpaired) electrons. The van der Waals surface area contributed by atoms with E-state index in [0.29, 0.717) is 19.4 Å². The first kappa shape index (κ1) is 17.4. The van der Waals surface area contributed by atoms with Gasteiger partial charge >= 0.3 is 5.69 Å². The summed E-state index contributed by atoms with van der Waals surface area (Å²) in [6.45, 7) is 6.10. The molecule has 0 bridgehead atoms. The fourth-order valence-corrected chi connectivity index (χ4v) is 2.29. The number of nitrogens with zero attached hydrogens (tertiary/aromatic N) is 3. The predicted octanol–water partition coefficient (Wildman–Crippen LogP) is 3.09. The quantitative estimate of drug-likeness (QED) is 0.595. The first-order valence-electron chi connectivity index (χ1n) is 7.68. The van der Waals surface area contributed by atoms with E-state index in [0.717, 1.165) is 11.1 Å². The first-order valence-corrected chi connectivity index (χ1v) is 7.68. The lowest BCUT2D eigenvalue weighted by Crippen LogP contribution is -2.26. The van der Waals surface area contributed by atoms with Crippen molar-refractivity contribution < 1.29 is 9.72 Å². The van der Waals surface area contributed by atoms with Crippen LogP contribution in [0.5, 0.6) is 0 Å². The number of rotatable bonds is 8. The van der Waals surface area contributed by atoms with Gasteiger partial charge in [0.25, 0.3) is 0 Å². The average molecular weight is 328 g/mol. The monoisotopic (exact) mass is 328 g/mol. The smallest absolute Gasteiger partial charge is 0.306 e. The van der Waals surface area contributed by atoms with Crippen molar-refractivity contribution in [2.75, 3.05) is 0 Å². The summed E-state index contributed by atoms with van der Waals surface area (Å²) in [6.07, 6.45) is 5.24. The summed E-state index contributed by atoms with van der Waals surface area (Å²) in [4.78, 5) is 22.1. The molecule has 0 aliphatic heterocycles. The third-order valence-electron chi connectivity index (χ3n) is 3.67. The molecule has 0 fully saturated rings. The lowest BCUT2D eigenvalue weighted by atomic mass is 10.1. The maximum Gasteiger partial charge on any atom is 0.306 e. The van der Waals surface area contributed by atoms with Crippen LogP contribution in [-0.2, 0) is 11.3 Å². The molecule has 2 rings (SSSR count). The molecule has 1 aromatic carbocycles. The zero-order chi connectivity index (χ0) is 17.5. The molecule has 2 aromatic rings. The van der Waals surface area contributed by atoms with Crippen LogP contribution in [0.4, 0.5) is 5.69 Å². The molecule has 1 unspecified atom stereocenters. The van der Waals surface area contributed by atoms with E-state index in [4.69, 9.17) is 0 Å². The highest BCUT2D eigenvalue weighted by molar-refractivity contribution is 5.76. The third kappa shape index (κ3) is 4.77. The zero-order valence-corrected chi connectivity index (χ0v) is 13.5. The van der Waals surface area contributed by atoms with Crippen LogP contribution in [0.25, 0.3) is 6.08 Å². The maximum atomic E-state index is 12.0. The van der Waals surface area contributed by atoms with E-state index in [1.165, 1.54) is 17.1 Å². The second-order valence-corrected chi connectivity index (χ2v) is 5.48. The van der Waals surface area contributed by atoms with Gasteiger partial charge in [0, 0.05) is 13.0 Å². The molecule has 1 N–H and O–H groups in total. The normalized spacial score (nSPS) is 11.7. The number of carbonyl (C=O) groups excluding carboxylic acids is 1. The highest BCUT2D eigenvalue weighted by Gasteiger charge is 2.11. The molecule has 0 saturated heterocycles. The van der Waals surface area contributed by atoms with Crippen molar-refractivity contribution in [2.24, 2.45) is 0 Å². The number of nitrogens with one attached hydrogen (secondary N) is 1. The summed E-state index contributed by atoms with van der Waals surface area (Å²) in [6, 6.07) is 7.75. The number of hydrogen-bond acceptors (Lipinski definition) is 4. The van der Waals surface area contributed by atoms with Crippen LogP contribution < -0.4 is 5.32 Å². The molecule has 0 aliphatic carbocycles. The summed E-state index contributed by atoms with van der Waals surface area (Å²) in [5.41, 5.74) is 2.01. The van der Waals surface area contributed by atoms with Gasteiger partial charge in [0.1, 0.15) is 12.4 Å². The van der Waals surface area contributed by atoms with Gasteiger partial charge in [-0.15, -0.1) is 0 Å². The Morgan fingerprint density at radius 3 is 2.75 bits per heavy atom. The third-order valence-corrected chi connectivity index (χ3v) is 3.67. The van der Waals surface area contributed by atoms with E-state index >= 15 is 0 Å². The molecule has 24 heavy (non-hydrogen) atoms. The molecule has 7 heteroatoms. The standard InChI is InChI=1S/C17H20N4O3/c1-3-14-6-8-15(9-7-14)13(2)19-17(22)5-4-10-20-12-16(11-18-20)21(23)24/h3,6-9,11-13H,1,4-5,10H2,2H3,(H,19,22). The van der Waals surface area contributed by atoms with E-state index in [9.17, 15) is 14.9 Å². The summed E-state index contributed by atoms with van der Waals surface area (Å²) >= 11 is 0. The summed E-state index contributed by atoms with van der Waals surface area (Å²) < 4.78 is 1.48. The van der Waals surface area contributed by atoms with Crippen molar-refractivity contribution in [1.29, 1.82) is 0 Å². The van der Waals surface area contributed by atoms with Crippen LogP contribution in [0.1, 0.15) is 36.9 Å². The fraction of sp³-hybridized carbons (Fsp3) is 0.294. The van der Waals surface area contributed by atoms with Gasteiger partial charge < -0.3 is 5.32 Å². The number of nitro groups is 1. The molecule has 1 amide bonds. The minimum Gasteiger partial charge on any atom is -0.350 e. The van der Waals surface area contributed by atoms with Crippen LogP contribution in [0.3, 0.4) is 0 Å². The van der Waals surface area contributed by atoms with Crippen LogP contribution in [0, 0.1) is 10.1 Å². The highest BCUT2D eigenvalue weighted by Crippen LogP contribution is 2.14. The summed E-state index contributed by atoms with van der Waals surface area (Å²) in [5, 5.41) is 17.4. The molecule has 1 heterocycles. The maximum absolute atomic E-state index is 12.0. The molecule has 0 spiro atoms. The van der Waals surface area contributed by atoms with Gasteiger partial charge in [0.2, 0.25) is 5.91 Å². The van der Waals surface area contributed by atoms with Crippen LogP contribution in [0.2, 0.25) is 0 Å². The first-order chi connectivity index (χ1) is 11.5. The summed E-state index contributed by atoms with van der Waals surface area (Å²) in [5.74, 6) is -0.0584. The number of benzene rings is 1. The van der Waals surface area contributed by atoms with Crippen molar-refractivity contribution in [3.63, 3.8) is 0 Å². The van der Waals surface area contributed by atoms with Crippen molar-refractivity contribution in [2.45, 2.75) is 32.4 Å². The van der Waals surface area contributed by atoms with Gasteiger partial charge in [-0.25, -0.2) is 0 Å². The Morgan fingerprint density at radius 2 is 2.17 bits per heavy atom. The summed E-state index contributed by atoms with van der Waals surface area (Å²) in [7, 11) is 0. The second-order valence-electron chi connectivity index (χ2n) is 5.48. The Kier molecular flexibility index (Phi) is 5.83.